The van der Waals surface area contributed by atoms with Gasteiger partial charge in [0.15, 0.2) is 0 Å². The van der Waals surface area contributed by atoms with Crippen molar-refractivity contribution in [3.05, 3.63) is 45.8 Å². The first-order chi connectivity index (χ1) is 7.10. The minimum atomic E-state index is -3.19. The summed E-state index contributed by atoms with van der Waals surface area (Å²) in [5.41, 5.74) is 7.98. The fourth-order valence-corrected chi connectivity index (χ4v) is 1.00. The summed E-state index contributed by atoms with van der Waals surface area (Å²) in [6.07, 6.45) is 0. The summed E-state index contributed by atoms with van der Waals surface area (Å²) in [6, 6.07) is 6.69. The molecule has 6 heteroatoms. The number of hydrogen-bond acceptors (Lipinski definition) is 2. The Morgan fingerprint density at radius 2 is 2.00 bits per heavy atom. The molecule has 0 amide bonds. The molecule has 15 heavy (non-hydrogen) atoms. The van der Waals surface area contributed by atoms with Gasteiger partial charge in [0.05, 0.1) is 18.2 Å². The van der Waals surface area contributed by atoms with Gasteiger partial charge in [-0.15, -0.1) is 0 Å². The first-order valence-corrected chi connectivity index (χ1v) is 3.99. The molecule has 0 aliphatic carbocycles. The zero-order valence-corrected chi connectivity index (χ0v) is 7.56. The van der Waals surface area contributed by atoms with E-state index in [2.05, 4.69) is 10.0 Å². The standard InChI is InChI=1S/C9H6F2N4/c10-9(11,6-14-15-13)8-3-1-7(5-12)2-4-8/h1-4H,6H2. The van der Waals surface area contributed by atoms with Crippen LogP contribution in [0.5, 0.6) is 0 Å². The molecule has 1 aromatic rings. The maximum absolute atomic E-state index is 13.2. The maximum atomic E-state index is 13.2. The molecule has 1 aromatic carbocycles. The predicted molar refractivity (Wildman–Crippen MR) is 49.1 cm³/mol. The topological polar surface area (TPSA) is 72.5 Å². The molecule has 0 atom stereocenters. The number of azide groups is 1. The molecule has 76 valence electrons. The molecule has 0 aliphatic rings. The number of halogens is 2. The molecule has 0 saturated heterocycles. The average molecular weight is 208 g/mol. The second-order valence-electron chi connectivity index (χ2n) is 2.78. The second-order valence-corrected chi connectivity index (χ2v) is 2.78. The van der Waals surface area contributed by atoms with Crippen LogP contribution in [-0.4, -0.2) is 6.54 Å². The summed E-state index contributed by atoms with van der Waals surface area (Å²) in [5, 5.41) is 11.3. The molecular formula is C9H6F2N4. The minimum Gasteiger partial charge on any atom is -0.201 e. The van der Waals surface area contributed by atoms with E-state index in [9.17, 15) is 8.78 Å². The highest BCUT2D eigenvalue weighted by Gasteiger charge is 2.30. The predicted octanol–water partition coefficient (Wildman–Crippen LogP) is 2.96. The van der Waals surface area contributed by atoms with E-state index in [1.54, 1.807) is 0 Å². The van der Waals surface area contributed by atoms with Crippen molar-refractivity contribution in [3.8, 4) is 6.07 Å². The first-order valence-electron chi connectivity index (χ1n) is 3.99. The van der Waals surface area contributed by atoms with Crippen molar-refractivity contribution in [1.29, 1.82) is 5.26 Å². The molecule has 0 aromatic heterocycles. The third-order valence-electron chi connectivity index (χ3n) is 1.77. The molecule has 0 heterocycles. The lowest BCUT2D eigenvalue weighted by molar-refractivity contribution is 0.00611. The van der Waals surface area contributed by atoms with Crippen molar-refractivity contribution in [1.82, 2.24) is 0 Å². The third-order valence-corrected chi connectivity index (χ3v) is 1.77. The number of hydrogen-bond donors (Lipinski definition) is 0. The van der Waals surface area contributed by atoms with E-state index < -0.39 is 12.5 Å². The van der Waals surface area contributed by atoms with Gasteiger partial charge < -0.3 is 0 Å². The van der Waals surface area contributed by atoms with Gasteiger partial charge in [-0.1, -0.05) is 17.2 Å². The zero-order valence-electron chi connectivity index (χ0n) is 7.56. The normalized spacial score (nSPS) is 10.2. The lowest BCUT2D eigenvalue weighted by atomic mass is 10.1. The fraction of sp³-hybridized carbons (Fsp3) is 0.222. The second kappa shape index (κ2) is 4.40. The number of benzene rings is 1. The van der Waals surface area contributed by atoms with Crippen LogP contribution in [0.3, 0.4) is 0 Å². The van der Waals surface area contributed by atoms with Gasteiger partial charge in [-0.2, -0.15) is 5.26 Å². The Hall–Kier alpha value is -2.12. The van der Waals surface area contributed by atoms with Crippen LogP contribution in [0.2, 0.25) is 0 Å². The Labute approximate surface area is 84.4 Å². The minimum absolute atomic E-state index is 0.270. The average Bonchev–Trinajstić information content (AvgIpc) is 2.26. The largest absolute Gasteiger partial charge is 0.278 e. The molecule has 4 nitrogen and oxygen atoms in total. The van der Waals surface area contributed by atoms with Crippen LogP contribution in [0.25, 0.3) is 10.4 Å². The van der Waals surface area contributed by atoms with Gasteiger partial charge in [0.1, 0.15) is 0 Å². The first kappa shape index (κ1) is 11.0. The Balaban J connectivity index is 2.95. The summed E-state index contributed by atoms with van der Waals surface area (Å²) in [7, 11) is 0. The monoisotopic (exact) mass is 208 g/mol. The number of nitrogens with zero attached hydrogens (tertiary/aromatic N) is 4. The molecule has 0 spiro atoms. The highest BCUT2D eigenvalue weighted by Crippen LogP contribution is 2.28. The number of nitriles is 1. The fourth-order valence-electron chi connectivity index (χ4n) is 1.00. The van der Waals surface area contributed by atoms with Crippen molar-refractivity contribution in [3.63, 3.8) is 0 Å². The van der Waals surface area contributed by atoms with Gasteiger partial charge in [0.2, 0.25) is 0 Å². The highest BCUT2D eigenvalue weighted by molar-refractivity contribution is 5.33. The van der Waals surface area contributed by atoms with Crippen LogP contribution in [-0.2, 0) is 5.92 Å². The molecule has 1 rings (SSSR count). The van der Waals surface area contributed by atoms with Gasteiger partial charge in [-0.25, -0.2) is 8.78 Å². The lowest BCUT2D eigenvalue weighted by Crippen LogP contribution is -2.16. The quantitative estimate of drug-likeness (QED) is 0.427. The van der Waals surface area contributed by atoms with E-state index in [-0.39, 0.29) is 5.56 Å². The molecule has 0 bridgehead atoms. The summed E-state index contributed by atoms with van der Waals surface area (Å²) in [5.74, 6) is -3.19. The third kappa shape index (κ3) is 2.66. The van der Waals surface area contributed by atoms with Crippen molar-refractivity contribution in [2.45, 2.75) is 5.92 Å². The van der Waals surface area contributed by atoms with Crippen LogP contribution in [0.15, 0.2) is 29.4 Å². The van der Waals surface area contributed by atoms with Crippen LogP contribution in [0.4, 0.5) is 8.78 Å². The summed E-state index contributed by atoms with van der Waals surface area (Å²) >= 11 is 0. The van der Waals surface area contributed by atoms with Crippen molar-refractivity contribution in [2.24, 2.45) is 5.11 Å². The Kier molecular flexibility index (Phi) is 3.21. The maximum Gasteiger partial charge on any atom is 0.278 e. The SMILES string of the molecule is N#Cc1ccc(C(F)(F)CN=[N+]=[N-])cc1. The highest BCUT2D eigenvalue weighted by atomic mass is 19.3. The number of rotatable bonds is 3. The Morgan fingerprint density at radius 1 is 1.40 bits per heavy atom. The van der Waals surface area contributed by atoms with E-state index in [1.807, 2.05) is 6.07 Å². The van der Waals surface area contributed by atoms with E-state index in [1.165, 1.54) is 12.1 Å². The van der Waals surface area contributed by atoms with Crippen LogP contribution in [0.1, 0.15) is 11.1 Å². The molecule has 0 fully saturated rings. The Morgan fingerprint density at radius 3 is 2.47 bits per heavy atom. The molecule has 0 aliphatic heterocycles. The zero-order chi connectivity index (χ0) is 11.3. The van der Waals surface area contributed by atoms with Crippen LogP contribution >= 0.6 is 0 Å². The van der Waals surface area contributed by atoms with E-state index in [0.29, 0.717) is 5.56 Å². The number of alkyl halides is 2. The smallest absolute Gasteiger partial charge is 0.201 e. The Bertz CT molecular complexity index is 426. The van der Waals surface area contributed by atoms with E-state index >= 15 is 0 Å². The molecular weight excluding hydrogens is 202 g/mol. The van der Waals surface area contributed by atoms with Crippen molar-refractivity contribution in [2.75, 3.05) is 6.54 Å². The summed E-state index contributed by atoms with van der Waals surface area (Å²) < 4.78 is 26.5. The van der Waals surface area contributed by atoms with Crippen molar-refractivity contribution < 1.29 is 8.78 Å². The van der Waals surface area contributed by atoms with Gasteiger partial charge >= 0.3 is 0 Å². The molecule has 0 unspecified atom stereocenters. The lowest BCUT2D eigenvalue weighted by Gasteiger charge is -2.13. The van der Waals surface area contributed by atoms with Crippen LogP contribution < -0.4 is 0 Å². The molecule has 0 radical (unpaired) electrons. The van der Waals surface area contributed by atoms with Crippen LogP contribution in [0, 0.1) is 11.3 Å². The van der Waals surface area contributed by atoms with Gasteiger partial charge in [-0.05, 0) is 17.7 Å². The summed E-state index contributed by atoms with van der Waals surface area (Å²) in [6.45, 7) is -0.921. The molecule has 0 saturated carbocycles. The van der Waals surface area contributed by atoms with E-state index in [4.69, 9.17) is 10.8 Å². The molecule has 0 N–H and O–H groups in total. The summed E-state index contributed by atoms with van der Waals surface area (Å²) in [4.78, 5) is 2.27. The van der Waals surface area contributed by atoms with Gasteiger partial charge in [0, 0.05) is 10.5 Å². The van der Waals surface area contributed by atoms with Gasteiger partial charge in [0.25, 0.3) is 5.92 Å². The van der Waals surface area contributed by atoms with E-state index in [0.717, 1.165) is 12.1 Å². The van der Waals surface area contributed by atoms with Crippen molar-refractivity contribution >= 4 is 0 Å². The van der Waals surface area contributed by atoms with Gasteiger partial charge in [-0.3, -0.25) is 0 Å².